The van der Waals surface area contributed by atoms with Gasteiger partial charge in [0.2, 0.25) is 0 Å². The van der Waals surface area contributed by atoms with Crippen molar-refractivity contribution in [1.29, 1.82) is 0 Å². The van der Waals surface area contributed by atoms with Crippen LogP contribution in [0, 0.1) is 0 Å². The third kappa shape index (κ3) is 5.86. The van der Waals surface area contributed by atoms with Crippen LogP contribution < -0.4 is 10.2 Å². The number of hydrogen-bond donors (Lipinski definition) is 1. The van der Waals surface area contributed by atoms with Gasteiger partial charge in [0.05, 0.1) is 16.4 Å². The monoisotopic (exact) mass is 440 g/mol. The fourth-order valence-electron chi connectivity index (χ4n) is 4.74. The van der Waals surface area contributed by atoms with E-state index in [0.29, 0.717) is 11.6 Å². The summed E-state index contributed by atoms with van der Waals surface area (Å²) in [5, 5.41) is 6.19. The van der Waals surface area contributed by atoms with Crippen LogP contribution in [0.1, 0.15) is 79.7 Å². The van der Waals surface area contributed by atoms with Crippen molar-refractivity contribution < 1.29 is 4.79 Å². The van der Waals surface area contributed by atoms with Crippen molar-refractivity contribution in [1.82, 2.24) is 9.88 Å². The maximum Gasteiger partial charge on any atom is 0.275 e. The van der Waals surface area contributed by atoms with Gasteiger partial charge in [-0.2, -0.15) is 0 Å². The summed E-state index contributed by atoms with van der Waals surface area (Å²) in [5.41, 5.74) is 2.57. The Kier molecular flexibility index (Phi) is 7.97. The molecule has 2 fully saturated rings. The smallest absolute Gasteiger partial charge is 0.275 e. The Hall–Kier alpha value is -1.92. The molecule has 1 aromatic carbocycles. The lowest BCUT2D eigenvalue weighted by Crippen LogP contribution is -2.33. The zero-order valence-electron chi connectivity index (χ0n) is 18.8. The van der Waals surface area contributed by atoms with Crippen LogP contribution in [0.25, 0.3) is 0 Å². The first-order valence-corrected chi connectivity index (χ1v) is 13.0. The highest BCUT2D eigenvalue weighted by atomic mass is 32.1. The highest BCUT2D eigenvalue weighted by Crippen LogP contribution is 2.32. The number of para-hydroxylation sites is 2. The number of nitrogens with one attached hydrogen (secondary N) is 1. The molecule has 2 aliphatic rings. The van der Waals surface area contributed by atoms with Crippen LogP contribution in [0.15, 0.2) is 29.6 Å². The van der Waals surface area contributed by atoms with Crippen molar-refractivity contribution in [3.8, 4) is 0 Å². The number of carbonyl (C=O) groups is 1. The van der Waals surface area contributed by atoms with Crippen LogP contribution >= 0.6 is 11.3 Å². The van der Waals surface area contributed by atoms with E-state index in [1.165, 1.54) is 45.1 Å². The van der Waals surface area contributed by atoms with E-state index < -0.39 is 0 Å². The Morgan fingerprint density at radius 2 is 1.87 bits per heavy atom. The molecule has 1 amide bonds. The second-order valence-electron chi connectivity index (χ2n) is 8.91. The molecule has 2 aliphatic heterocycles. The largest absolute Gasteiger partial charge is 0.370 e. The van der Waals surface area contributed by atoms with Gasteiger partial charge in [-0.05, 0) is 70.3 Å². The number of anilines is 2. The lowest BCUT2D eigenvalue weighted by Gasteiger charge is -2.31. The Morgan fingerprint density at radius 3 is 2.65 bits per heavy atom. The molecule has 0 bridgehead atoms. The van der Waals surface area contributed by atoms with Gasteiger partial charge in [0, 0.05) is 24.4 Å². The first-order valence-electron chi connectivity index (χ1n) is 12.1. The third-order valence-corrected chi connectivity index (χ3v) is 7.63. The van der Waals surface area contributed by atoms with Crippen LogP contribution in [-0.2, 0) is 0 Å². The van der Waals surface area contributed by atoms with Crippen molar-refractivity contribution in [3.63, 3.8) is 0 Å². The minimum atomic E-state index is -0.0936. The number of likely N-dealkylation sites (tertiary alicyclic amines) is 1. The standard InChI is InChI=1S/C25H36N4OS/c1-2-3-7-14-28-17-12-20(13-18-28)25-27-22(19-31-25)24(30)26-21-10-5-6-11-23(21)29-15-8-4-9-16-29/h5-6,10-11,19-20H,2-4,7-9,12-18H2,1H3,(H,26,30). The third-order valence-electron chi connectivity index (χ3n) is 6.62. The maximum atomic E-state index is 13.0. The molecule has 1 N–H and O–H groups in total. The van der Waals surface area contributed by atoms with Crippen LogP contribution in [0.3, 0.4) is 0 Å². The molecule has 0 radical (unpaired) electrons. The molecule has 31 heavy (non-hydrogen) atoms. The number of piperidine rings is 2. The zero-order chi connectivity index (χ0) is 21.5. The fourth-order valence-corrected chi connectivity index (χ4v) is 5.72. The van der Waals surface area contributed by atoms with Crippen molar-refractivity contribution >= 4 is 28.6 Å². The maximum absolute atomic E-state index is 13.0. The summed E-state index contributed by atoms with van der Waals surface area (Å²) in [5.74, 6) is 0.401. The lowest BCUT2D eigenvalue weighted by molar-refractivity contribution is 0.102. The van der Waals surface area contributed by atoms with Crippen molar-refractivity contribution in [2.75, 3.05) is 42.9 Å². The first-order chi connectivity index (χ1) is 15.2. The van der Waals surface area contributed by atoms with E-state index in [1.54, 1.807) is 11.3 Å². The van der Waals surface area contributed by atoms with E-state index >= 15 is 0 Å². The number of rotatable bonds is 8. The number of benzene rings is 1. The summed E-state index contributed by atoms with van der Waals surface area (Å²) in [6.07, 6.45) is 9.95. The predicted molar refractivity (Wildman–Crippen MR) is 131 cm³/mol. The van der Waals surface area contributed by atoms with Crippen molar-refractivity contribution in [3.05, 3.63) is 40.3 Å². The summed E-state index contributed by atoms with van der Waals surface area (Å²) in [6.45, 7) is 7.91. The molecule has 3 heterocycles. The van der Waals surface area contributed by atoms with Gasteiger partial charge >= 0.3 is 0 Å². The number of nitrogens with zero attached hydrogens (tertiary/aromatic N) is 3. The molecule has 6 heteroatoms. The van der Waals surface area contributed by atoms with Crippen LogP contribution in [0.2, 0.25) is 0 Å². The average Bonchev–Trinajstić information content (AvgIpc) is 3.31. The highest BCUT2D eigenvalue weighted by Gasteiger charge is 2.24. The molecule has 1 aromatic heterocycles. The SMILES string of the molecule is CCCCCN1CCC(c2nc(C(=O)Nc3ccccc3N3CCCCC3)cs2)CC1. The number of unbranched alkanes of at least 4 members (excludes halogenated alkanes) is 2. The highest BCUT2D eigenvalue weighted by molar-refractivity contribution is 7.10. The van der Waals surface area contributed by atoms with E-state index in [-0.39, 0.29) is 5.91 Å². The van der Waals surface area contributed by atoms with E-state index in [1.807, 2.05) is 17.5 Å². The number of amides is 1. The van der Waals surface area contributed by atoms with E-state index in [2.05, 4.69) is 34.2 Å². The topological polar surface area (TPSA) is 48.5 Å². The molecule has 0 spiro atoms. The van der Waals surface area contributed by atoms with E-state index in [0.717, 1.165) is 55.4 Å². The van der Waals surface area contributed by atoms with Gasteiger partial charge in [0.1, 0.15) is 5.69 Å². The average molecular weight is 441 g/mol. The lowest BCUT2D eigenvalue weighted by atomic mass is 9.97. The predicted octanol–water partition coefficient (Wildman–Crippen LogP) is 5.76. The van der Waals surface area contributed by atoms with Gasteiger partial charge in [-0.25, -0.2) is 4.98 Å². The number of aromatic nitrogens is 1. The van der Waals surface area contributed by atoms with E-state index in [4.69, 9.17) is 4.98 Å². The van der Waals surface area contributed by atoms with Crippen LogP contribution in [-0.4, -0.2) is 48.5 Å². The Labute approximate surface area is 190 Å². The second-order valence-corrected chi connectivity index (χ2v) is 9.80. The minimum absolute atomic E-state index is 0.0936. The summed E-state index contributed by atoms with van der Waals surface area (Å²) in [7, 11) is 0. The number of hydrogen-bond acceptors (Lipinski definition) is 5. The van der Waals surface area contributed by atoms with Crippen LogP contribution in [0.5, 0.6) is 0 Å². The Balaban J connectivity index is 1.34. The Morgan fingerprint density at radius 1 is 1.10 bits per heavy atom. The van der Waals surface area contributed by atoms with Gasteiger partial charge in [-0.3, -0.25) is 4.79 Å². The molecular weight excluding hydrogens is 404 g/mol. The van der Waals surface area contributed by atoms with Crippen molar-refractivity contribution in [2.45, 2.75) is 64.2 Å². The fraction of sp³-hybridized carbons (Fsp3) is 0.600. The van der Waals surface area contributed by atoms with Gasteiger partial charge in [0.25, 0.3) is 5.91 Å². The molecular formula is C25H36N4OS. The molecule has 2 saturated heterocycles. The molecule has 0 atom stereocenters. The normalized spacial score (nSPS) is 18.3. The number of thiazole rings is 1. The quantitative estimate of drug-likeness (QED) is 0.531. The van der Waals surface area contributed by atoms with Gasteiger partial charge in [-0.1, -0.05) is 31.9 Å². The molecule has 0 aliphatic carbocycles. The summed E-state index contributed by atoms with van der Waals surface area (Å²) >= 11 is 1.65. The summed E-state index contributed by atoms with van der Waals surface area (Å²) in [4.78, 5) is 22.7. The van der Waals surface area contributed by atoms with Gasteiger partial charge in [0.15, 0.2) is 0 Å². The molecule has 5 nitrogen and oxygen atoms in total. The number of carbonyl (C=O) groups excluding carboxylic acids is 1. The molecule has 2 aromatic rings. The molecule has 168 valence electrons. The Bertz CT molecular complexity index is 838. The van der Waals surface area contributed by atoms with Gasteiger partial charge < -0.3 is 15.1 Å². The van der Waals surface area contributed by atoms with E-state index in [9.17, 15) is 4.79 Å². The first kappa shape index (κ1) is 22.3. The summed E-state index contributed by atoms with van der Waals surface area (Å²) in [6, 6.07) is 8.16. The molecule has 0 unspecified atom stereocenters. The molecule has 4 rings (SSSR count). The second kappa shape index (κ2) is 11.1. The van der Waals surface area contributed by atoms with Crippen LogP contribution in [0.4, 0.5) is 11.4 Å². The van der Waals surface area contributed by atoms with Gasteiger partial charge in [-0.15, -0.1) is 11.3 Å². The summed E-state index contributed by atoms with van der Waals surface area (Å²) < 4.78 is 0. The zero-order valence-corrected chi connectivity index (χ0v) is 19.6. The van der Waals surface area contributed by atoms with Crippen molar-refractivity contribution in [2.24, 2.45) is 0 Å². The minimum Gasteiger partial charge on any atom is -0.370 e. The molecule has 0 saturated carbocycles.